The number of nitrogens with zero attached hydrogens (tertiary/aromatic N) is 2. The van der Waals surface area contributed by atoms with Crippen molar-refractivity contribution >= 4 is 5.78 Å². The molecule has 1 aliphatic rings. The second-order valence-electron chi connectivity index (χ2n) is 5.02. The number of rotatable bonds is 2. The summed E-state index contributed by atoms with van der Waals surface area (Å²) >= 11 is 0. The number of aromatic nitrogens is 1. The molecule has 0 saturated carbocycles. The topological polar surface area (TPSA) is 46.3 Å². The molecule has 0 aliphatic carbocycles. The SMILES string of the molecule is Cc1noc(C)c1CN1CCC(=O)C(C)C1C. The van der Waals surface area contributed by atoms with Gasteiger partial charge in [-0.1, -0.05) is 12.1 Å². The summed E-state index contributed by atoms with van der Waals surface area (Å²) in [6.45, 7) is 9.73. The van der Waals surface area contributed by atoms with Gasteiger partial charge >= 0.3 is 0 Å². The van der Waals surface area contributed by atoms with Crippen LogP contribution in [0.4, 0.5) is 0 Å². The fourth-order valence-corrected chi connectivity index (χ4v) is 2.42. The Bertz CT molecular complexity index is 406. The first-order valence-corrected chi connectivity index (χ1v) is 6.19. The molecule has 2 heterocycles. The van der Waals surface area contributed by atoms with Crippen LogP contribution in [0.3, 0.4) is 0 Å². The van der Waals surface area contributed by atoms with Crippen molar-refractivity contribution in [1.82, 2.24) is 10.1 Å². The Labute approximate surface area is 102 Å². The van der Waals surface area contributed by atoms with E-state index in [0.717, 1.165) is 24.5 Å². The molecule has 2 unspecified atom stereocenters. The zero-order chi connectivity index (χ0) is 12.6. The maximum atomic E-state index is 11.6. The van der Waals surface area contributed by atoms with E-state index in [1.54, 1.807) is 0 Å². The molecule has 1 aromatic heterocycles. The van der Waals surface area contributed by atoms with Gasteiger partial charge in [0.25, 0.3) is 0 Å². The minimum Gasteiger partial charge on any atom is -0.361 e. The van der Waals surface area contributed by atoms with Gasteiger partial charge in [-0.15, -0.1) is 0 Å². The van der Waals surface area contributed by atoms with E-state index in [1.165, 1.54) is 5.56 Å². The number of piperidine rings is 1. The number of carbonyl (C=O) groups excluding carboxylic acids is 1. The molecule has 2 rings (SSSR count). The van der Waals surface area contributed by atoms with E-state index in [9.17, 15) is 4.79 Å². The molecular weight excluding hydrogens is 216 g/mol. The van der Waals surface area contributed by atoms with E-state index in [0.29, 0.717) is 18.2 Å². The van der Waals surface area contributed by atoms with Crippen molar-refractivity contribution < 1.29 is 9.32 Å². The van der Waals surface area contributed by atoms with Crippen LogP contribution in [-0.4, -0.2) is 28.4 Å². The summed E-state index contributed by atoms with van der Waals surface area (Å²) in [5.41, 5.74) is 2.12. The second kappa shape index (κ2) is 4.61. The molecule has 1 aromatic rings. The molecular formula is C13H20N2O2. The smallest absolute Gasteiger partial charge is 0.138 e. The summed E-state index contributed by atoms with van der Waals surface area (Å²) in [4.78, 5) is 14.0. The van der Waals surface area contributed by atoms with Gasteiger partial charge in [0.1, 0.15) is 11.5 Å². The lowest BCUT2D eigenvalue weighted by Crippen LogP contribution is -2.46. The minimum atomic E-state index is 0.129. The highest BCUT2D eigenvalue weighted by atomic mass is 16.5. The first kappa shape index (κ1) is 12.3. The Kier molecular flexibility index (Phi) is 3.33. The van der Waals surface area contributed by atoms with Gasteiger partial charge in [0.2, 0.25) is 0 Å². The molecule has 17 heavy (non-hydrogen) atoms. The second-order valence-corrected chi connectivity index (χ2v) is 5.02. The predicted octanol–water partition coefficient (Wildman–Crippen LogP) is 2.09. The largest absolute Gasteiger partial charge is 0.361 e. The Hall–Kier alpha value is -1.16. The molecule has 1 fully saturated rings. The van der Waals surface area contributed by atoms with E-state index >= 15 is 0 Å². The van der Waals surface area contributed by atoms with Gasteiger partial charge in [0, 0.05) is 37.0 Å². The lowest BCUT2D eigenvalue weighted by atomic mass is 9.90. The van der Waals surface area contributed by atoms with Gasteiger partial charge in [-0.25, -0.2) is 0 Å². The third-order valence-corrected chi connectivity index (χ3v) is 4.00. The lowest BCUT2D eigenvalue weighted by molar-refractivity contribution is -0.128. The van der Waals surface area contributed by atoms with Crippen LogP contribution < -0.4 is 0 Å². The van der Waals surface area contributed by atoms with Crippen LogP contribution in [0, 0.1) is 19.8 Å². The summed E-state index contributed by atoms with van der Waals surface area (Å²) in [7, 11) is 0. The molecule has 0 amide bonds. The van der Waals surface area contributed by atoms with Gasteiger partial charge in [-0.05, 0) is 20.8 Å². The van der Waals surface area contributed by atoms with Crippen LogP contribution in [0.15, 0.2) is 4.52 Å². The number of ketones is 1. The highest BCUT2D eigenvalue weighted by molar-refractivity contribution is 5.82. The summed E-state index contributed by atoms with van der Waals surface area (Å²) in [6, 6.07) is 0.296. The fourth-order valence-electron chi connectivity index (χ4n) is 2.42. The van der Waals surface area contributed by atoms with Crippen molar-refractivity contribution in [1.29, 1.82) is 0 Å². The standard InChI is InChI=1S/C13H20N2O2/c1-8-10(3)15(6-5-13(8)16)7-12-9(2)14-17-11(12)4/h8,10H,5-7H2,1-4H3. The zero-order valence-corrected chi connectivity index (χ0v) is 11.0. The van der Waals surface area contributed by atoms with Crippen LogP contribution in [0.2, 0.25) is 0 Å². The van der Waals surface area contributed by atoms with Crippen molar-refractivity contribution in [2.75, 3.05) is 6.54 Å². The van der Waals surface area contributed by atoms with Crippen LogP contribution in [0.25, 0.3) is 0 Å². The van der Waals surface area contributed by atoms with E-state index in [2.05, 4.69) is 17.0 Å². The molecule has 94 valence electrons. The van der Waals surface area contributed by atoms with Gasteiger partial charge < -0.3 is 4.52 Å². The number of aryl methyl sites for hydroxylation is 2. The molecule has 4 nitrogen and oxygen atoms in total. The summed E-state index contributed by atoms with van der Waals surface area (Å²) in [6.07, 6.45) is 0.662. The van der Waals surface area contributed by atoms with E-state index < -0.39 is 0 Å². The van der Waals surface area contributed by atoms with Gasteiger partial charge in [0.05, 0.1) is 5.69 Å². The average molecular weight is 236 g/mol. The number of hydrogen-bond acceptors (Lipinski definition) is 4. The van der Waals surface area contributed by atoms with Crippen LogP contribution in [-0.2, 0) is 11.3 Å². The molecule has 1 aliphatic heterocycles. The van der Waals surface area contributed by atoms with E-state index in [-0.39, 0.29) is 5.92 Å². The Balaban J connectivity index is 2.12. The number of hydrogen-bond donors (Lipinski definition) is 0. The Morgan fingerprint density at radius 1 is 1.41 bits per heavy atom. The highest BCUT2D eigenvalue weighted by Gasteiger charge is 2.31. The Morgan fingerprint density at radius 2 is 2.12 bits per heavy atom. The monoisotopic (exact) mass is 236 g/mol. The van der Waals surface area contributed by atoms with Crippen molar-refractivity contribution in [3.8, 4) is 0 Å². The molecule has 0 bridgehead atoms. The van der Waals surface area contributed by atoms with Gasteiger partial charge in [-0.2, -0.15) is 0 Å². The molecule has 0 aromatic carbocycles. The maximum absolute atomic E-state index is 11.6. The number of Topliss-reactive ketones (excluding diaryl/α,β-unsaturated/α-hetero) is 1. The summed E-state index contributed by atoms with van der Waals surface area (Å²) in [5, 5.41) is 3.97. The average Bonchev–Trinajstić information content (AvgIpc) is 2.61. The molecule has 0 spiro atoms. The summed E-state index contributed by atoms with van der Waals surface area (Å²) in [5.74, 6) is 1.40. The van der Waals surface area contributed by atoms with E-state index in [1.807, 2.05) is 20.8 Å². The van der Waals surface area contributed by atoms with E-state index in [4.69, 9.17) is 4.52 Å². The lowest BCUT2D eigenvalue weighted by Gasteiger charge is -2.36. The van der Waals surface area contributed by atoms with Crippen LogP contribution in [0.1, 0.15) is 37.3 Å². The van der Waals surface area contributed by atoms with Crippen molar-refractivity contribution in [2.45, 2.75) is 46.7 Å². The normalized spacial score (nSPS) is 26.5. The van der Waals surface area contributed by atoms with Crippen molar-refractivity contribution in [3.63, 3.8) is 0 Å². The quantitative estimate of drug-likeness (QED) is 0.788. The highest BCUT2D eigenvalue weighted by Crippen LogP contribution is 2.24. The number of carbonyl (C=O) groups is 1. The van der Waals surface area contributed by atoms with Gasteiger partial charge in [0.15, 0.2) is 0 Å². The van der Waals surface area contributed by atoms with Crippen molar-refractivity contribution in [3.05, 3.63) is 17.0 Å². The minimum absolute atomic E-state index is 0.129. The van der Waals surface area contributed by atoms with Crippen LogP contribution in [0.5, 0.6) is 0 Å². The van der Waals surface area contributed by atoms with Crippen molar-refractivity contribution in [2.24, 2.45) is 5.92 Å². The zero-order valence-electron chi connectivity index (χ0n) is 11.0. The molecule has 4 heteroatoms. The third kappa shape index (κ3) is 2.27. The first-order valence-electron chi connectivity index (χ1n) is 6.19. The predicted molar refractivity (Wildman–Crippen MR) is 64.6 cm³/mol. The summed E-state index contributed by atoms with van der Waals surface area (Å²) < 4.78 is 5.18. The number of likely N-dealkylation sites (tertiary alicyclic amines) is 1. The Morgan fingerprint density at radius 3 is 2.71 bits per heavy atom. The van der Waals surface area contributed by atoms with Gasteiger partial charge in [-0.3, -0.25) is 9.69 Å². The molecule has 2 atom stereocenters. The molecule has 1 saturated heterocycles. The third-order valence-electron chi connectivity index (χ3n) is 4.00. The van der Waals surface area contributed by atoms with Crippen LogP contribution >= 0.6 is 0 Å². The molecule has 0 N–H and O–H groups in total. The first-order chi connectivity index (χ1) is 8.00. The molecule has 0 radical (unpaired) electrons. The maximum Gasteiger partial charge on any atom is 0.138 e. The fraction of sp³-hybridized carbons (Fsp3) is 0.692.